The second-order valence-electron chi connectivity index (χ2n) is 6.18. The number of rotatable bonds is 2. The predicted molar refractivity (Wildman–Crippen MR) is 100 cm³/mol. The van der Waals surface area contributed by atoms with Crippen LogP contribution in [0.3, 0.4) is 0 Å². The normalized spacial score (nSPS) is 12.1. The van der Waals surface area contributed by atoms with Crippen molar-refractivity contribution in [2.75, 3.05) is 10.6 Å². The molecular weight excluding hydrogens is 347 g/mol. The molecule has 0 bridgehead atoms. The first-order valence-corrected chi connectivity index (χ1v) is 8.31. The van der Waals surface area contributed by atoms with Gasteiger partial charge in [0.2, 0.25) is 0 Å². The van der Waals surface area contributed by atoms with Crippen LogP contribution in [0.1, 0.15) is 26.3 Å². The molecule has 1 aliphatic rings. The summed E-state index contributed by atoms with van der Waals surface area (Å²) in [6, 6.07) is 15.6. The molecule has 6 heteroatoms. The molecule has 0 aliphatic carbocycles. The Labute approximate surface area is 154 Å². The van der Waals surface area contributed by atoms with Gasteiger partial charge in [-0.25, -0.2) is 4.39 Å². The lowest BCUT2D eigenvalue weighted by Gasteiger charge is -2.10. The molecule has 1 aliphatic heterocycles. The van der Waals surface area contributed by atoms with Crippen molar-refractivity contribution >= 4 is 23.2 Å². The fraction of sp³-hybridized carbons (Fsp3) is 0.0476. The number of hydrogen-bond donors (Lipinski definition) is 2. The molecule has 0 unspecified atom stereocenters. The highest BCUT2D eigenvalue weighted by molar-refractivity contribution is 6.10. The van der Waals surface area contributed by atoms with Crippen LogP contribution in [0.25, 0.3) is 0 Å². The summed E-state index contributed by atoms with van der Waals surface area (Å²) in [5, 5.41) is 5.55. The fourth-order valence-electron chi connectivity index (χ4n) is 2.86. The number of aryl methyl sites for hydroxylation is 1. The summed E-state index contributed by atoms with van der Waals surface area (Å²) in [5.74, 6) is -0.179. The van der Waals surface area contributed by atoms with E-state index in [2.05, 4.69) is 10.6 Å². The van der Waals surface area contributed by atoms with Crippen LogP contribution in [0.2, 0.25) is 0 Å². The van der Waals surface area contributed by atoms with Crippen LogP contribution in [-0.2, 0) is 0 Å². The largest absolute Gasteiger partial charge is 0.454 e. The quantitative estimate of drug-likeness (QED) is 0.692. The molecule has 0 atom stereocenters. The van der Waals surface area contributed by atoms with Gasteiger partial charge in [-0.1, -0.05) is 12.1 Å². The number of benzene rings is 3. The van der Waals surface area contributed by atoms with Gasteiger partial charge >= 0.3 is 0 Å². The number of ether oxygens (including phenoxy) is 1. The van der Waals surface area contributed by atoms with Crippen LogP contribution in [0.5, 0.6) is 11.5 Å². The Morgan fingerprint density at radius 3 is 2.59 bits per heavy atom. The Morgan fingerprint density at radius 2 is 1.81 bits per heavy atom. The smallest absolute Gasteiger partial charge is 0.259 e. The minimum absolute atomic E-state index is 0.308. The van der Waals surface area contributed by atoms with Gasteiger partial charge < -0.3 is 15.4 Å². The molecule has 27 heavy (non-hydrogen) atoms. The van der Waals surface area contributed by atoms with E-state index >= 15 is 0 Å². The Bertz CT molecular complexity index is 1060. The zero-order valence-electron chi connectivity index (χ0n) is 14.4. The number of carbonyl (C=O) groups excluding carboxylic acids is 2. The van der Waals surface area contributed by atoms with Crippen LogP contribution in [-0.4, -0.2) is 11.8 Å². The molecule has 0 aromatic heterocycles. The molecule has 0 spiro atoms. The Balaban J connectivity index is 1.63. The van der Waals surface area contributed by atoms with Crippen molar-refractivity contribution in [3.05, 3.63) is 83.2 Å². The highest BCUT2D eigenvalue weighted by Gasteiger charge is 2.22. The van der Waals surface area contributed by atoms with E-state index in [1.807, 2.05) is 19.1 Å². The van der Waals surface area contributed by atoms with Crippen LogP contribution in [0, 0.1) is 12.7 Å². The van der Waals surface area contributed by atoms with Crippen LogP contribution >= 0.6 is 0 Å². The summed E-state index contributed by atoms with van der Waals surface area (Å²) in [7, 11) is 0. The molecule has 1 heterocycles. The number of para-hydroxylation sites is 1. The highest BCUT2D eigenvalue weighted by atomic mass is 19.1. The first kappa shape index (κ1) is 16.8. The van der Waals surface area contributed by atoms with Gasteiger partial charge in [0.1, 0.15) is 11.6 Å². The summed E-state index contributed by atoms with van der Waals surface area (Å²) in [6.07, 6.45) is 0. The standard InChI is InChI=1S/C21H15FN2O3/c1-12-3-2-4-18-19(12)24-21(26)16-11-15(9-10-17(16)27-18)23-20(25)13-5-7-14(22)8-6-13/h2-11H,1H3,(H,23,25)(H,24,26). The first-order valence-electron chi connectivity index (χ1n) is 8.31. The van der Waals surface area contributed by atoms with E-state index < -0.39 is 11.7 Å². The molecule has 0 saturated heterocycles. The number of carbonyl (C=O) groups is 2. The molecule has 2 N–H and O–H groups in total. The third-order valence-corrected chi connectivity index (χ3v) is 4.28. The second kappa shape index (κ2) is 6.57. The Kier molecular flexibility index (Phi) is 4.08. The van der Waals surface area contributed by atoms with E-state index in [1.165, 1.54) is 24.3 Å². The van der Waals surface area contributed by atoms with Crippen LogP contribution < -0.4 is 15.4 Å². The van der Waals surface area contributed by atoms with Gasteiger partial charge in [-0.2, -0.15) is 0 Å². The lowest BCUT2D eigenvalue weighted by molar-refractivity contribution is 0.101. The molecule has 3 aromatic rings. The summed E-state index contributed by atoms with van der Waals surface area (Å²) >= 11 is 0. The fourth-order valence-corrected chi connectivity index (χ4v) is 2.86. The first-order chi connectivity index (χ1) is 13.0. The van der Waals surface area contributed by atoms with Crippen molar-refractivity contribution in [2.45, 2.75) is 6.92 Å². The maximum absolute atomic E-state index is 13.0. The van der Waals surface area contributed by atoms with Gasteiger partial charge in [-0.3, -0.25) is 9.59 Å². The lowest BCUT2D eigenvalue weighted by Crippen LogP contribution is -2.14. The summed E-state index contributed by atoms with van der Waals surface area (Å²) < 4.78 is 18.9. The number of halogens is 1. The minimum atomic E-state index is -0.416. The third kappa shape index (κ3) is 3.25. The molecule has 0 saturated carbocycles. The van der Waals surface area contributed by atoms with E-state index in [4.69, 9.17) is 4.74 Å². The lowest BCUT2D eigenvalue weighted by atomic mass is 10.1. The minimum Gasteiger partial charge on any atom is -0.454 e. The van der Waals surface area contributed by atoms with Crippen molar-refractivity contribution in [3.8, 4) is 11.5 Å². The summed E-state index contributed by atoms with van der Waals surface area (Å²) in [5.41, 5.74) is 2.57. The maximum Gasteiger partial charge on any atom is 0.259 e. The average molecular weight is 362 g/mol. The van der Waals surface area contributed by atoms with Gasteiger partial charge in [0.15, 0.2) is 5.75 Å². The van der Waals surface area contributed by atoms with E-state index in [1.54, 1.807) is 24.3 Å². The Morgan fingerprint density at radius 1 is 1.04 bits per heavy atom. The SMILES string of the molecule is Cc1cccc2c1NC(=O)c1cc(NC(=O)c3ccc(F)cc3)ccc1O2. The van der Waals surface area contributed by atoms with Gasteiger partial charge in [0.05, 0.1) is 11.3 Å². The van der Waals surface area contributed by atoms with Gasteiger partial charge in [0.25, 0.3) is 11.8 Å². The van der Waals surface area contributed by atoms with Gasteiger partial charge in [-0.15, -0.1) is 0 Å². The summed E-state index contributed by atoms with van der Waals surface area (Å²) in [6.45, 7) is 1.88. The van der Waals surface area contributed by atoms with Gasteiger partial charge in [-0.05, 0) is 61.0 Å². The molecule has 3 aromatic carbocycles. The van der Waals surface area contributed by atoms with Crippen molar-refractivity contribution in [1.29, 1.82) is 0 Å². The zero-order valence-corrected chi connectivity index (χ0v) is 14.4. The number of anilines is 2. The molecule has 5 nitrogen and oxygen atoms in total. The molecule has 4 rings (SSSR count). The zero-order chi connectivity index (χ0) is 19.0. The molecule has 0 fully saturated rings. The van der Waals surface area contributed by atoms with E-state index in [0.29, 0.717) is 34.0 Å². The molecular formula is C21H15FN2O3. The van der Waals surface area contributed by atoms with Crippen LogP contribution in [0.15, 0.2) is 60.7 Å². The number of nitrogens with one attached hydrogen (secondary N) is 2. The van der Waals surface area contributed by atoms with Crippen molar-refractivity contribution in [2.24, 2.45) is 0 Å². The second-order valence-corrected chi connectivity index (χ2v) is 6.18. The third-order valence-electron chi connectivity index (χ3n) is 4.28. The number of hydrogen-bond acceptors (Lipinski definition) is 3. The van der Waals surface area contributed by atoms with Crippen molar-refractivity contribution in [3.63, 3.8) is 0 Å². The van der Waals surface area contributed by atoms with E-state index in [0.717, 1.165) is 5.56 Å². The van der Waals surface area contributed by atoms with E-state index in [-0.39, 0.29) is 5.91 Å². The summed E-state index contributed by atoms with van der Waals surface area (Å²) in [4.78, 5) is 24.9. The van der Waals surface area contributed by atoms with Crippen molar-refractivity contribution in [1.82, 2.24) is 0 Å². The number of fused-ring (bicyclic) bond motifs is 2. The molecule has 0 radical (unpaired) electrons. The maximum atomic E-state index is 13.0. The molecule has 2 amide bonds. The molecule has 134 valence electrons. The topological polar surface area (TPSA) is 67.4 Å². The monoisotopic (exact) mass is 362 g/mol. The number of amides is 2. The average Bonchev–Trinajstić information content (AvgIpc) is 2.79. The highest BCUT2D eigenvalue weighted by Crippen LogP contribution is 2.38. The van der Waals surface area contributed by atoms with E-state index in [9.17, 15) is 14.0 Å². The van der Waals surface area contributed by atoms with Crippen molar-refractivity contribution < 1.29 is 18.7 Å². The predicted octanol–water partition coefficient (Wildman–Crippen LogP) is 4.74. The van der Waals surface area contributed by atoms with Crippen LogP contribution in [0.4, 0.5) is 15.8 Å². The Hall–Kier alpha value is -3.67. The van der Waals surface area contributed by atoms with Gasteiger partial charge in [0, 0.05) is 11.3 Å².